The standard InChI is InChI=1S/C22H24N2O3/c1-27-11-10-23-15-18(12-21(23)25)22(26)24-13-16-6-2-4-8-19(16)20-9-5-3-7-17(20)14-24/h2-9,18H,10-15H2,1H3. The quantitative estimate of drug-likeness (QED) is 0.838. The number of methoxy groups -OCH3 is 1. The van der Waals surface area contributed by atoms with Crippen LogP contribution in [0.3, 0.4) is 0 Å². The zero-order valence-electron chi connectivity index (χ0n) is 15.6. The molecule has 2 aromatic carbocycles. The summed E-state index contributed by atoms with van der Waals surface area (Å²) in [7, 11) is 1.62. The van der Waals surface area contributed by atoms with Crippen LogP contribution in [0.5, 0.6) is 0 Å². The van der Waals surface area contributed by atoms with Crippen LogP contribution >= 0.6 is 0 Å². The molecule has 1 saturated heterocycles. The summed E-state index contributed by atoms with van der Waals surface area (Å²) in [6.45, 7) is 2.68. The molecule has 1 unspecified atom stereocenters. The average molecular weight is 364 g/mol. The van der Waals surface area contributed by atoms with Crippen molar-refractivity contribution in [2.45, 2.75) is 19.5 Å². The minimum atomic E-state index is -0.271. The largest absolute Gasteiger partial charge is 0.383 e. The number of hydrogen-bond acceptors (Lipinski definition) is 3. The molecule has 0 aliphatic carbocycles. The molecule has 27 heavy (non-hydrogen) atoms. The first-order chi connectivity index (χ1) is 13.2. The van der Waals surface area contributed by atoms with Crippen molar-refractivity contribution >= 4 is 11.8 Å². The molecule has 5 nitrogen and oxygen atoms in total. The van der Waals surface area contributed by atoms with Gasteiger partial charge in [-0.25, -0.2) is 0 Å². The lowest BCUT2D eigenvalue weighted by Gasteiger charge is -2.25. The Hall–Kier alpha value is -2.66. The van der Waals surface area contributed by atoms with Gasteiger partial charge in [0.2, 0.25) is 11.8 Å². The van der Waals surface area contributed by atoms with E-state index < -0.39 is 0 Å². The topological polar surface area (TPSA) is 49.9 Å². The van der Waals surface area contributed by atoms with Crippen molar-refractivity contribution < 1.29 is 14.3 Å². The predicted octanol–water partition coefficient (Wildman–Crippen LogP) is 2.69. The first-order valence-electron chi connectivity index (χ1n) is 9.39. The molecular weight excluding hydrogens is 340 g/mol. The average Bonchev–Trinajstić information content (AvgIpc) is 2.97. The van der Waals surface area contributed by atoms with Crippen LogP contribution in [0.4, 0.5) is 0 Å². The smallest absolute Gasteiger partial charge is 0.228 e. The number of carbonyl (C=O) groups is 2. The Morgan fingerprint density at radius 2 is 1.63 bits per heavy atom. The summed E-state index contributed by atoms with van der Waals surface area (Å²) in [5.41, 5.74) is 4.67. The second kappa shape index (κ2) is 7.53. The maximum absolute atomic E-state index is 13.3. The lowest BCUT2D eigenvalue weighted by Crippen LogP contribution is -2.36. The second-order valence-corrected chi connectivity index (χ2v) is 7.24. The third-order valence-electron chi connectivity index (χ3n) is 5.49. The first-order valence-corrected chi connectivity index (χ1v) is 9.39. The first kappa shape index (κ1) is 17.7. The Morgan fingerprint density at radius 1 is 1.04 bits per heavy atom. The molecule has 2 amide bonds. The van der Waals surface area contributed by atoms with E-state index >= 15 is 0 Å². The van der Waals surface area contributed by atoms with Crippen molar-refractivity contribution in [3.8, 4) is 11.1 Å². The van der Waals surface area contributed by atoms with Crippen LogP contribution < -0.4 is 0 Å². The number of likely N-dealkylation sites (tertiary alicyclic amines) is 1. The zero-order valence-corrected chi connectivity index (χ0v) is 15.6. The maximum atomic E-state index is 13.3. The normalized spacial score (nSPS) is 18.9. The molecule has 2 aliphatic rings. The molecule has 1 fully saturated rings. The summed E-state index contributed by atoms with van der Waals surface area (Å²) in [5.74, 6) is -0.164. The van der Waals surface area contributed by atoms with Gasteiger partial charge in [0.25, 0.3) is 0 Å². The molecule has 1 atom stereocenters. The highest BCUT2D eigenvalue weighted by molar-refractivity contribution is 5.89. The third kappa shape index (κ3) is 3.47. The molecule has 0 bridgehead atoms. The van der Waals surface area contributed by atoms with Crippen molar-refractivity contribution in [3.05, 3.63) is 59.7 Å². The van der Waals surface area contributed by atoms with Crippen LogP contribution in [0.1, 0.15) is 17.5 Å². The molecule has 0 aromatic heterocycles. The molecule has 140 valence electrons. The van der Waals surface area contributed by atoms with Gasteiger partial charge >= 0.3 is 0 Å². The summed E-state index contributed by atoms with van der Waals surface area (Å²) in [5, 5.41) is 0. The number of ether oxygens (including phenoxy) is 1. The Morgan fingerprint density at radius 3 is 2.22 bits per heavy atom. The van der Waals surface area contributed by atoms with E-state index in [9.17, 15) is 9.59 Å². The molecule has 2 heterocycles. The van der Waals surface area contributed by atoms with Crippen molar-refractivity contribution in [3.63, 3.8) is 0 Å². The summed E-state index contributed by atoms with van der Waals surface area (Å²) >= 11 is 0. The summed E-state index contributed by atoms with van der Waals surface area (Å²) in [4.78, 5) is 29.1. The second-order valence-electron chi connectivity index (χ2n) is 7.24. The SMILES string of the molecule is COCCN1CC(C(=O)N2Cc3ccccc3-c3ccccc3C2)CC1=O. The number of benzene rings is 2. The number of hydrogen-bond donors (Lipinski definition) is 0. The monoisotopic (exact) mass is 364 g/mol. The number of nitrogens with zero attached hydrogens (tertiary/aromatic N) is 2. The summed E-state index contributed by atoms with van der Waals surface area (Å²) < 4.78 is 5.07. The van der Waals surface area contributed by atoms with Crippen molar-refractivity contribution in [1.29, 1.82) is 0 Å². The van der Waals surface area contributed by atoms with Crippen LogP contribution in [0.25, 0.3) is 11.1 Å². The van der Waals surface area contributed by atoms with Gasteiger partial charge < -0.3 is 14.5 Å². The predicted molar refractivity (Wildman–Crippen MR) is 103 cm³/mol. The number of amides is 2. The maximum Gasteiger partial charge on any atom is 0.228 e. The number of carbonyl (C=O) groups excluding carboxylic acids is 2. The van der Waals surface area contributed by atoms with E-state index in [0.29, 0.717) is 39.2 Å². The Bertz CT molecular complexity index is 817. The van der Waals surface area contributed by atoms with Crippen molar-refractivity contribution in [2.75, 3.05) is 26.8 Å². The van der Waals surface area contributed by atoms with Crippen molar-refractivity contribution in [1.82, 2.24) is 9.80 Å². The molecule has 0 radical (unpaired) electrons. The van der Waals surface area contributed by atoms with E-state index in [-0.39, 0.29) is 17.7 Å². The van der Waals surface area contributed by atoms with Gasteiger partial charge in [0.15, 0.2) is 0 Å². The zero-order chi connectivity index (χ0) is 18.8. The molecule has 5 heteroatoms. The van der Waals surface area contributed by atoms with Gasteiger partial charge in [0, 0.05) is 39.7 Å². The van der Waals surface area contributed by atoms with Crippen molar-refractivity contribution in [2.24, 2.45) is 5.92 Å². The molecule has 2 aliphatic heterocycles. The van der Waals surface area contributed by atoms with E-state index in [1.807, 2.05) is 29.2 Å². The highest BCUT2D eigenvalue weighted by atomic mass is 16.5. The Balaban J connectivity index is 1.58. The van der Waals surface area contributed by atoms with Gasteiger partial charge in [-0.1, -0.05) is 48.5 Å². The minimum absolute atomic E-state index is 0.0426. The van der Waals surface area contributed by atoms with Crippen LogP contribution in [0.15, 0.2) is 48.5 Å². The van der Waals surface area contributed by atoms with Gasteiger partial charge in [-0.15, -0.1) is 0 Å². The van der Waals surface area contributed by atoms with Gasteiger partial charge in [-0.05, 0) is 22.3 Å². The van der Waals surface area contributed by atoms with Crippen LogP contribution in [0.2, 0.25) is 0 Å². The van der Waals surface area contributed by atoms with Crippen LogP contribution in [-0.4, -0.2) is 48.4 Å². The van der Waals surface area contributed by atoms with Gasteiger partial charge in [-0.3, -0.25) is 9.59 Å². The molecule has 0 N–H and O–H groups in total. The number of fused-ring (bicyclic) bond motifs is 3. The van der Waals surface area contributed by atoms with Gasteiger partial charge in [0.05, 0.1) is 12.5 Å². The highest BCUT2D eigenvalue weighted by Crippen LogP contribution is 2.33. The molecule has 0 saturated carbocycles. The lowest BCUT2D eigenvalue weighted by molar-refractivity contribution is -0.137. The highest BCUT2D eigenvalue weighted by Gasteiger charge is 2.37. The fourth-order valence-corrected chi connectivity index (χ4v) is 4.08. The molecular formula is C22H24N2O3. The minimum Gasteiger partial charge on any atom is -0.383 e. The number of rotatable bonds is 4. The third-order valence-corrected chi connectivity index (χ3v) is 5.49. The molecule has 2 aromatic rings. The Kier molecular flexibility index (Phi) is 4.94. The van der Waals surface area contributed by atoms with E-state index in [4.69, 9.17) is 4.74 Å². The van der Waals surface area contributed by atoms with E-state index in [1.165, 1.54) is 11.1 Å². The fraction of sp³-hybridized carbons (Fsp3) is 0.364. The molecule has 4 rings (SSSR count). The summed E-state index contributed by atoms with van der Waals surface area (Å²) in [6, 6.07) is 16.5. The van der Waals surface area contributed by atoms with Gasteiger partial charge in [0.1, 0.15) is 0 Å². The van der Waals surface area contributed by atoms with Crippen LogP contribution in [0, 0.1) is 5.92 Å². The fourth-order valence-electron chi connectivity index (χ4n) is 4.08. The molecule has 0 spiro atoms. The van der Waals surface area contributed by atoms with E-state index in [2.05, 4.69) is 24.3 Å². The summed E-state index contributed by atoms with van der Waals surface area (Å²) in [6.07, 6.45) is 0.294. The van der Waals surface area contributed by atoms with E-state index in [1.54, 1.807) is 12.0 Å². The van der Waals surface area contributed by atoms with E-state index in [0.717, 1.165) is 11.1 Å². The van der Waals surface area contributed by atoms with Crippen LogP contribution in [-0.2, 0) is 27.4 Å². The Labute approximate surface area is 159 Å². The lowest BCUT2D eigenvalue weighted by atomic mass is 9.97. The van der Waals surface area contributed by atoms with Gasteiger partial charge in [-0.2, -0.15) is 0 Å².